The van der Waals surface area contributed by atoms with Gasteiger partial charge in [-0.3, -0.25) is 0 Å². The van der Waals surface area contributed by atoms with Crippen molar-refractivity contribution in [1.29, 1.82) is 0 Å². The SMILES string of the molecule is C=C(C)c1ccc(-c2ccc(F)c(C)c2)cc1. The molecule has 0 aliphatic heterocycles. The van der Waals surface area contributed by atoms with E-state index in [2.05, 4.69) is 6.58 Å². The molecule has 0 atom stereocenters. The van der Waals surface area contributed by atoms with Gasteiger partial charge >= 0.3 is 0 Å². The molecule has 0 fully saturated rings. The number of benzene rings is 2. The van der Waals surface area contributed by atoms with Gasteiger partial charge in [-0.1, -0.05) is 42.5 Å². The van der Waals surface area contributed by atoms with Crippen LogP contribution in [0, 0.1) is 12.7 Å². The maximum Gasteiger partial charge on any atom is 0.126 e. The van der Waals surface area contributed by atoms with Gasteiger partial charge in [-0.25, -0.2) is 4.39 Å². The monoisotopic (exact) mass is 226 g/mol. The molecule has 0 saturated carbocycles. The summed E-state index contributed by atoms with van der Waals surface area (Å²) in [6, 6.07) is 13.3. The summed E-state index contributed by atoms with van der Waals surface area (Å²) in [5.74, 6) is -0.160. The lowest BCUT2D eigenvalue weighted by Gasteiger charge is -2.05. The highest BCUT2D eigenvalue weighted by Crippen LogP contribution is 2.23. The molecule has 2 rings (SSSR count). The molecule has 0 amide bonds. The summed E-state index contributed by atoms with van der Waals surface area (Å²) in [6.45, 7) is 7.67. The molecule has 2 aromatic rings. The first-order valence-corrected chi connectivity index (χ1v) is 5.60. The summed E-state index contributed by atoms with van der Waals surface area (Å²) in [4.78, 5) is 0. The Morgan fingerprint density at radius 3 is 2.12 bits per heavy atom. The van der Waals surface area contributed by atoms with E-state index < -0.39 is 0 Å². The largest absolute Gasteiger partial charge is 0.207 e. The predicted octanol–water partition coefficient (Wildman–Crippen LogP) is 4.83. The molecule has 0 bridgehead atoms. The van der Waals surface area contributed by atoms with Gasteiger partial charge in [0.25, 0.3) is 0 Å². The summed E-state index contributed by atoms with van der Waals surface area (Å²) in [5, 5.41) is 0. The average molecular weight is 226 g/mol. The molecule has 0 aromatic heterocycles. The first kappa shape index (κ1) is 11.6. The van der Waals surface area contributed by atoms with Gasteiger partial charge in [0.15, 0.2) is 0 Å². The lowest BCUT2D eigenvalue weighted by molar-refractivity contribution is 0.619. The zero-order chi connectivity index (χ0) is 12.4. The van der Waals surface area contributed by atoms with Crippen molar-refractivity contribution in [3.63, 3.8) is 0 Å². The number of rotatable bonds is 2. The average Bonchev–Trinajstić information content (AvgIpc) is 2.33. The van der Waals surface area contributed by atoms with Gasteiger partial charge in [0.05, 0.1) is 0 Å². The first-order chi connectivity index (χ1) is 8.08. The fourth-order valence-corrected chi connectivity index (χ4v) is 1.77. The molecular formula is C16H15F. The Labute approximate surface area is 101 Å². The van der Waals surface area contributed by atoms with Crippen LogP contribution in [0.3, 0.4) is 0 Å². The minimum atomic E-state index is -0.160. The van der Waals surface area contributed by atoms with Crippen LogP contribution in [0.15, 0.2) is 49.0 Å². The van der Waals surface area contributed by atoms with Crippen LogP contribution in [0.4, 0.5) is 4.39 Å². The third-order valence-corrected chi connectivity index (χ3v) is 2.87. The normalized spacial score (nSPS) is 10.3. The van der Waals surface area contributed by atoms with Crippen LogP contribution in [-0.4, -0.2) is 0 Å². The predicted molar refractivity (Wildman–Crippen MR) is 71.3 cm³/mol. The topological polar surface area (TPSA) is 0 Å². The lowest BCUT2D eigenvalue weighted by atomic mass is 10.0. The minimum absolute atomic E-state index is 0.160. The molecule has 2 aromatic carbocycles. The summed E-state index contributed by atoms with van der Waals surface area (Å²) in [7, 11) is 0. The van der Waals surface area contributed by atoms with Crippen molar-refractivity contribution in [2.75, 3.05) is 0 Å². The van der Waals surface area contributed by atoms with E-state index in [0.717, 1.165) is 22.3 Å². The van der Waals surface area contributed by atoms with Crippen LogP contribution in [-0.2, 0) is 0 Å². The maximum atomic E-state index is 13.2. The number of halogens is 1. The third kappa shape index (κ3) is 2.44. The molecule has 0 N–H and O–H groups in total. The zero-order valence-corrected chi connectivity index (χ0v) is 10.1. The third-order valence-electron chi connectivity index (χ3n) is 2.87. The molecule has 0 unspecified atom stereocenters. The van der Waals surface area contributed by atoms with Crippen molar-refractivity contribution >= 4 is 5.57 Å². The molecule has 17 heavy (non-hydrogen) atoms. The molecule has 0 heterocycles. The van der Waals surface area contributed by atoms with Crippen molar-refractivity contribution < 1.29 is 4.39 Å². The first-order valence-electron chi connectivity index (χ1n) is 5.60. The van der Waals surface area contributed by atoms with E-state index in [4.69, 9.17) is 0 Å². The zero-order valence-electron chi connectivity index (χ0n) is 10.1. The van der Waals surface area contributed by atoms with E-state index in [-0.39, 0.29) is 5.82 Å². The lowest BCUT2D eigenvalue weighted by Crippen LogP contribution is -1.85. The summed E-state index contributed by atoms with van der Waals surface area (Å²) in [5.41, 5.74) is 4.99. The minimum Gasteiger partial charge on any atom is -0.207 e. The van der Waals surface area contributed by atoms with Gasteiger partial charge < -0.3 is 0 Å². The highest BCUT2D eigenvalue weighted by Gasteiger charge is 2.02. The summed E-state index contributed by atoms with van der Waals surface area (Å²) in [6.07, 6.45) is 0. The summed E-state index contributed by atoms with van der Waals surface area (Å²) >= 11 is 0. The second kappa shape index (κ2) is 4.54. The summed E-state index contributed by atoms with van der Waals surface area (Å²) < 4.78 is 13.2. The van der Waals surface area contributed by atoms with E-state index >= 15 is 0 Å². The Bertz CT molecular complexity index is 550. The van der Waals surface area contributed by atoms with Gasteiger partial charge in [0.1, 0.15) is 5.82 Å². The van der Waals surface area contributed by atoms with Crippen LogP contribution >= 0.6 is 0 Å². The Hall–Kier alpha value is -1.89. The molecule has 0 radical (unpaired) electrons. The van der Waals surface area contributed by atoms with Crippen LogP contribution in [0.1, 0.15) is 18.1 Å². The van der Waals surface area contributed by atoms with E-state index in [1.807, 2.05) is 37.3 Å². The Balaban J connectivity index is 2.39. The molecule has 86 valence electrons. The second-order valence-corrected chi connectivity index (χ2v) is 4.32. The molecule has 0 aliphatic rings. The highest BCUT2D eigenvalue weighted by molar-refractivity contribution is 5.69. The number of hydrogen-bond donors (Lipinski definition) is 0. The molecule has 0 spiro atoms. The number of allylic oxidation sites excluding steroid dienone is 1. The molecule has 1 heteroatoms. The fourth-order valence-electron chi connectivity index (χ4n) is 1.77. The van der Waals surface area contributed by atoms with Crippen molar-refractivity contribution in [3.05, 3.63) is 66.0 Å². The van der Waals surface area contributed by atoms with Crippen LogP contribution < -0.4 is 0 Å². The molecular weight excluding hydrogens is 211 g/mol. The van der Waals surface area contributed by atoms with Gasteiger partial charge in [0, 0.05) is 0 Å². The molecule has 0 nitrogen and oxygen atoms in total. The fraction of sp³-hybridized carbons (Fsp3) is 0.125. The van der Waals surface area contributed by atoms with Gasteiger partial charge in [-0.2, -0.15) is 0 Å². The Morgan fingerprint density at radius 2 is 1.59 bits per heavy atom. The van der Waals surface area contributed by atoms with E-state index in [9.17, 15) is 4.39 Å². The van der Waals surface area contributed by atoms with Crippen LogP contribution in [0.5, 0.6) is 0 Å². The smallest absolute Gasteiger partial charge is 0.126 e. The van der Waals surface area contributed by atoms with Crippen LogP contribution in [0.2, 0.25) is 0 Å². The van der Waals surface area contributed by atoms with Crippen molar-refractivity contribution in [3.8, 4) is 11.1 Å². The van der Waals surface area contributed by atoms with E-state index in [1.54, 1.807) is 13.0 Å². The van der Waals surface area contributed by atoms with Gasteiger partial charge in [-0.15, -0.1) is 0 Å². The maximum absolute atomic E-state index is 13.2. The molecule has 0 saturated heterocycles. The van der Waals surface area contributed by atoms with Gasteiger partial charge in [0.2, 0.25) is 0 Å². The van der Waals surface area contributed by atoms with Crippen LogP contribution in [0.25, 0.3) is 16.7 Å². The highest BCUT2D eigenvalue weighted by atomic mass is 19.1. The van der Waals surface area contributed by atoms with Crippen molar-refractivity contribution in [2.45, 2.75) is 13.8 Å². The standard InChI is InChI=1S/C16H15F/c1-11(2)13-4-6-14(7-5-13)15-8-9-16(17)12(3)10-15/h4-10H,1H2,2-3H3. The van der Waals surface area contributed by atoms with E-state index in [0.29, 0.717) is 5.56 Å². The Kier molecular flexibility index (Phi) is 3.10. The molecule has 0 aliphatic carbocycles. The number of aryl methyl sites for hydroxylation is 1. The second-order valence-electron chi connectivity index (χ2n) is 4.32. The van der Waals surface area contributed by atoms with Crippen molar-refractivity contribution in [1.82, 2.24) is 0 Å². The Morgan fingerprint density at radius 1 is 1.00 bits per heavy atom. The van der Waals surface area contributed by atoms with Gasteiger partial charge in [-0.05, 0) is 48.2 Å². The number of hydrogen-bond acceptors (Lipinski definition) is 0. The quantitative estimate of drug-likeness (QED) is 0.687. The van der Waals surface area contributed by atoms with Crippen molar-refractivity contribution in [2.24, 2.45) is 0 Å². The van der Waals surface area contributed by atoms with E-state index in [1.165, 1.54) is 6.07 Å².